The lowest BCUT2D eigenvalue weighted by Crippen LogP contribution is -1.97. The Morgan fingerprint density at radius 2 is 1.87 bits per heavy atom. The van der Waals surface area contributed by atoms with Crippen LogP contribution < -0.4 is 0 Å². The predicted molar refractivity (Wildman–Crippen MR) is 64.7 cm³/mol. The lowest BCUT2D eigenvalue weighted by Gasteiger charge is -2.02. The Morgan fingerprint density at radius 3 is 2.33 bits per heavy atom. The normalized spacial score (nSPS) is 17.3. The van der Waals surface area contributed by atoms with Gasteiger partial charge in [0.15, 0.2) is 5.78 Å². The zero-order valence-electron chi connectivity index (χ0n) is 10.2. The van der Waals surface area contributed by atoms with E-state index < -0.39 is 0 Å². The number of ketones is 1. The van der Waals surface area contributed by atoms with Crippen molar-refractivity contribution in [1.29, 1.82) is 0 Å². The van der Waals surface area contributed by atoms with Gasteiger partial charge in [-0.2, -0.15) is 0 Å². The molecular formula is C14H20O. The Kier molecular flexibility index (Phi) is 4.07. The van der Waals surface area contributed by atoms with Crippen molar-refractivity contribution >= 4 is 5.78 Å². The maximum atomic E-state index is 11.6. The van der Waals surface area contributed by atoms with Gasteiger partial charge in [0.25, 0.3) is 0 Å². The van der Waals surface area contributed by atoms with Crippen LogP contribution in [0.5, 0.6) is 0 Å². The molecule has 0 aliphatic heterocycles. The molecule has 0 radical (unpaired) electrons. The molecule has 1 rings (SSSR count). The van der Waals surface area contributed by atoms with Crippen LogP contribution in [0.2, 0.25) is 0 Å². The van der Waals surface area contributed by atoms with Gasteiger partial charge in [-0.1, -0.05) is 23.3 Å². The molecule has 1 nitrogen and oxygen atoms in total. The van der Waals surface area contributed by atoms with Crippen molar-refractivity contribution in [3.63, 3.8) is 0 Å². The van der Waals surface area contributed by atoms with E-state index in [-0.39, 0.29) is 0 Å². The minimum Gasteiger partial charge on any atom is -0.294 e. The summed E-state index contributed by atoms with van der Waals surface area (Å²) in [6.07, 6.45) is 6.91. The second kappa shape index (κ2) is 5.11. The fourth-order valence-electron chi connectivity index (χ4n) is 1.92. The van der Waals surface area contributed by atoms with E-state index in [9.17, 15) is 4.79 Å². The number of carbonyl (C=O) groups is 1. The van der Waals surface area contributed by atoms with E-state index in [1.165, 1.54) is 11.1 Å². The first kappa shape index (κ1) is 12.0. The van der Waals surface area contributed by atoms with E-state index in [0.717, 1.165) is 24.0 Å². The van der Waals surface area contributed by atoms with Crippen molar-refractivity contribution in [2.24, 2.45) is 0 Å². The SMILES string of the molecule is CC(C)=CCC=C(C)C1=C(C)CCC1=O. The van der Waals surface area contributed by atoms with Crippen LogP contribution in [0, 0.1) is 0 Å². The van der Waals surface area contributed by atoms with E-state index >= 15 is 0 Å². The lowest BCUT2D eigenvalue weighted by molar-refractivity contribution is -0.114. The molecule has 82 valence electrons. The molecule has 0 spiro atoms. The van der Waals surface area contributed by atoms with Crippen LogP contribution in [-0.4, -0.2) is 5.78 Å². The van der Waals surface area contributed by atoms with Gasteiger partial charge >= 0.3 is 0 Å². The molecule has 0 heterocycles. The number of allylic oxidation sites excluding steroid dienone is 6. The second-order valence-electron chi connectivity index (χ2n) is 4.48. The van der Waals surface area contributed by atoms with E-state index in [1.807, 2.05) is 6.92 Å². The maximum Gasteiger partial charge on any atom is 0.163 e. The molecular weight excluding hydrogens is 184 g/mol. The lowest BCUT2D eigenvalue weighted by atomic mass is 10.0. The molecule has 0 saturated carbocycles. The van der Waals surface area contributed by atoms with Crippen LogP contribution in [0.15, 0.2) is 34.4 Å². The number of hydrogen-bond donors (Lipinski definition) is 0. The van der Waals surface area contributed by atoms with Crippen LogP contribution in [0.1, 0.15) is 47.0 Å². The number of rotatable bonds is 3. The highest BCUT2D eigenvalue weighted by molar-refractivity contribution is 6.02. The quantitative estimate of drug-likeness (QED) is 0.636. The molecule has 0 aromatic rings. The van der Waals surface area contributed by atoms with E-state index in [1.54, 1.807) is 0 Å². The fourth-order valence-corrected chi connectivity index (χ4v) is 1.92. The van der Waals surface area contributed by atoms with Crippen molar-refractivity contribution in [2.45, 2.75) is 47.0 Å². The fraction of sp³-hybridized carbons (Fsp3) is 0.500. The average molecular weight is 204 g/mol. The zero-order chi connectivity index (χ0) is 11.4. The first-order chi connectivity index (χ1) is 7.02. The standard InChI is InChI=1S/C14H20O/c1-10(2)6-5-7-11(3)14-12(4)8-9-13(14)15/h6-7H,5,8-9H2,1-4H3. The van der Waals surface area contributed by atoms with Gasteiger partial charge < -0.3 is 0 Å². The summed E-state index contributed by atoms with van der Waals surface area (Å²) in [5, 5.41) is 0. The summed E-state index contributed by atoms with van der Waals surface area (Å²) in [6, 6.07) is 0. The Morgan fingerprint density at radius 1 is 1.20 bits per heavy atom. The number of hydrogen-bond acceptors (Lipinski definition) is 1. The Bertz CT molecular complexity index is 350. The molecule has 0 unspecified atom stereocenters. The smallest absolute Gasteiger partial charge is 0.163 e. The summed E-state index contributed by atoms with van der Waals surface area (Å²) in [5.74, 6) is 0.318. The molecule has 0 fully saturated rings. The van der Waals surface area contributed by atoms with E-state index in [0.29, 0.717) is 12.2 Å². The molecule has 0 aromatic carbocycles. The molecule has 1 heteroatoms. The predicted octanol–water partition coefficient (Wildman–Crippen LogP) is 3.97. The summed E-state index contributed by atoms with van der Waals surface area (Å²) >= 11 is 0. The summed E-state index contributed by atoms with van der Waals surface area (Å²) < 4.78 is 0. The van der Waals surface area contributed by atoms with Gasteiger partial charge in [-0.25, -0.2) is 0 Å². The minimum atomic E-state index is 0.318. The Labute approximate surface area is 92.6 Å². The van der Waals surface area contributed by atoms with Crippen molar-refractivity contribution in [3.8, 4) is 0 Å². The van der Waals surface area contributed by atoms with Gasteiger partial charge in [0.2, 0.25) is 0 Å². The molecule has 0 amide bonds. The second-order valence-corrected chi connectivity index (χ2v) is 4.48. The number of carbonyl (C=O) groups excluding carboxylic acids is 1. The minimum absolute atomic E-state index is 0.318. The van der Waals surface area contributed by atoms with Crippen molar-refractivity contribution in [1.82, 2.24) is 0 Å². The van der Waals surface area contributed by atoms with Crippen molar-refractivity contribution in [2.75, 3.05) is 0 Å². The van der Waals surface area contributed by atoms with Crippen LogP contribution in [-0.2, 0) is 4.79 Å². The third-order valence-corrected chi connectivity index (χ3v) is 2.78. The van der Waals surface area contributed by atoms with Gasteiger partial charge in [0.05, 0.1) is 0 Å². The van der Waals surface area contributed by atoms with E-state index in [4.69, 9.17) is 0 Å². The Hall–Kier alpha value is -1.11. The largest absolute Gasteiger partial charge is 0.294 e. The average Bonchev–Trinajstić information content (AvgIpc) is 2.45. The van der Waals surface area contributed by atoms with Gasteiger partial charge in [-0.05, 0) is 46.1 Å². The van der Waals surface area contributed by atoms with Crippen molar-refractivity contribution < 1.29 is 4.79 Å². The molecule has 0 atom stereocenters. The van der Waals surface area contributed by atoms with Crippen LogP contribution in [0.25, 0.3) is 0 Å². The highest BCUT2D eigenvalue weighted by Crippen LogP contribution is 2.27. The summed E-state index contributed by atoms with van der Waals surface area (Å²) in [5.41, 5.74) is 4.71. The van der Waals surface area contributed by atoms with Crippen LogP contribution in [0.3, 0.4) is 0 Å². The first-order valence-electron chi connectivity index (χ1n) is 5.56. The van der Waals surface area contributed by atoms with Crippen molar-refractivity contribution in [3.05, 3.63) is 34.4 Å². The maximum absolute atomic E-state index is 11.6. The highest BCUT2D eigenvalue weighted by atomic mass is 16.1. The van der Waals surface area contributed by atoms with E-state index in [2.05, 4.69) is 32.9 Å². The topological polar surface area (TPSA) is 17.1 Å². The first-order valence-corrected chi connectivity index (χ1v) is 5.56. The molecule has 0 aromatic heterocycles. The molecule has 1 aliphatic rings. The van der Waals surface area contributed by atoms with Gasteiger partial charge in [-0.15, -0.1) is 0 Å². The monoisotopic (exact) mass is 204 g/mol. The third-order valence-electron chi connectivity index (χ3n) is 2.78. The van der Waals surface area contributed by atoms with Gasteiger partial charge in [0.1, 0.15) is 0 Å². The van der Waals surface area contributed by atoms with Gasteiger partial charge in [-0.3, -0.25) is 4.79 Å². The molecule has 0 N–H and O–H groups in total. The van der Waals surface area contributed by atoms with Gasteiger partial charge in [0, 0.05) is 12.0 Å². The molecule has 1 aliphatic carbocycles. The highest BCUT2D eigenvalue weighted by Gasteiger charge is 2.20. The summed E-state index contributed by atoms with van der Waals surface area (Å²) in [7, 11) is 0. The van der Waals surface area contributed by atoms with Crippen LogP contribution >= 0.6 is 0 Å². The summed E-state index contributed by atoms with van der Waals surface area (Å²) in [4.78, 5) is 11.6. The zero-order valence-corrected chi connectivity index (χ0v) is 10.2. The molecule has 15 heavy (non-hydrogen) atoms. The number of Topliss-reactive ketones (excluding diaryl/α,β-unsaturated/α-hetero) is 1. The molecule has 0 saturated heterocycles. The van der Waals surface area contributed by atoms with Crippen LogP contribution in [0.4, 0.5) is 0 Å². The third kappa shape index (κ3) is 3.19. The molecule has 0 bridgehead atoms. The Balaban J connectivity index is 2.76. The summed E-state index contributed by atoms with van der Waals surface area (Å²) in [6.45, 7) is 8.29.